The molecule has 2 nitrogen and oxygen atoms in total. The van der Waals surface area contributed by atoms with Crippen molar-refractivity contribution in [2.75, 3.05) is 0 Å². The second-order valence-corrected chi connectivity index (χ2v) is 4.25. The summed E-state index contributed by atoms with van der Waals surface area (Å²) in [6.45, 7) is 3.97. The van der Waals surface area contributed by atoms with Gasteiger partial charge in [0.15, 0.2) is 0 Å². The van der Waals surface area contributed by atoms with Gasteiger partial charge in [0, 0.05) is 11.6 Å². The van der Waals surface area contributed by atoms with Crippen LogP contribution in [0.1, 0.15) is 18.2 Å². The van der Waals surface area contributed by atoms with Crippen LogP contribution in [0.15, 0.2) is 40.8 Å². The van der Waals surface area contributed by atoms with Crippen molar-refractivity contribution < 1.29 is 4.42 Å². The van der Waals surface area contributed by atoms with Crippen LogP contribution in [0.4, 0.5) is 0 Å². The summed E-state index contributed by atoms with van der Waals surface area (Å²) in [4.78, 5) is 0. The smallest absolute Gasteiger partial charge is 0.134 e. The molecule has 16 heavy (non-hydrogen) atoms. The third-order valence-corrected chi connectivity index (χ3v) is 2.57. The SMILES string of the molecule is Cc1ccc(-c2ccccc2CC(C)N)o1. The van der Waals surface area contributed by atoms with Crippen molar-refractivity contribution in [2.24, 2.45) is 5.73 Å². The second kappa shape index (κ2) is 4.54. The first-order valence-corrected chi connectivity index (χ1v) is 5.57. The summed E-state index contributed by atoms with van der Waals surface area (Å²) in [7, 11) is 0. The van der Waals surface area contributed by atoms with Gasteiger partial charge in [-0.3, -0.25) is 0 Å². The van der Waals surface area contributed by atoms with Gasteiger partial charge in [-0.25, -0.2) is 0 Å². The Morgan fingerprint density at radius 2 is 1.94 bits per heavy atom. The van der Waals surface area contributed by atoms with Gasteiger partial charge in [-0.2, -0.15) is 0 Å². The lowest BCUT2D eigenvalue weighted by Crippen LogP contribution is -2.18. The molecule has 1 aromatic heterocycles. The molecule has 0 saturated heterocycles. The molecule has 1 aromatic carbocycles. The van der Waals surface area contributed by atoms with Crippen LogP contribution in [0.3, 0.4) is 0 Å². The van der Waals surface area contributed by atoms with Crippen molar-refractivity contribution in [1.29, 1.82) is 0 Å². The first-order valence-electron chi connectivity index (χ1n) is 5.57. The average Bonchev–Trinajstić information content (AvgIpc) is 2.65. The molecular weight excluding hydrogens is 198 g/mol. The maximum Gasteiger partial charge on any atom is 0.134 e. The number of furan rings is 1. The molecule has 2 heteroatoms. The Morgan fingerprint density at radius 1 is 1.19 bits per heavy atom. The third kappa shape index (κ3) is 2.34. The first-order chi connectivity index (χ1) is 7.66. The molecule has 0 fully saturated rings. The molecule has 0 aliphatic carbocycles. The highest BCUT2D eigenvalue weighted by atomic mass is 16.3. The van der Waals surface area contributed by atoms with E-state index in [2.05, 4.69) is 12.1 Å². The summed E-state index contributed by atoms with van der Waals surface area (Å²) in [5, 5.41) is 0. The van der Waals surface area contributed by atoms with Crippen molar-refractivity contribution in [3.05, 3.63) is 47.7 Å². The Hall–Kier alpha value is -1.54. The van der Waals surface area contributed by atoms with Crippen molar-refractivity contribution in [2.45, 2.75) is 26.3 Å². The molecule has 2 N–H and O–H groups in total. The van der Waals surface area contributed by atoms with Gasteiger partial charge in [0.2, 0.25) is 0 Å². The van der Waals surface area contributed by atoms with Crippen LogP contribution in [0, 0.1) is 6.92 Å². The van der Waals surface area contributed by atoms with Gasteiger partial charge in [0.05, 0.1) is 0 Å². The van der Waals surface area contributed by atoms with E-state index in [0.29, 0.717) is 0 Å². The molecule has 0 amide bonds. The third-order valence-electron chi connectivity index (χ3n) is 2.57. The summed E-state index contributed by atoms with van der Waals surface area (Å²) < 4.78 is 5.65. The van der Waals surface area contributed by atoms with E-state index in [4.69, 9.17) is 10.2 Å². The van der Waals surface area contributed by atoms with E-state index >= 15 is 0 Å². The molecule has 0 saturated carbocycles. The highest BCUT2D eigenvalue weighted by Crippen LogP contribution is 2.26. The van der Waals surface area contributed by atoms with Gasteiger partial charge in [-0.15, -0.1) is 0 Å². The largest absolute Gasteiger partial charge is 0.461 e. The minimum Gasteiger partial charge on any atom is -0.461 e. The number of hydrogen-bond donors (Lipinski definition) is 1. The van der Waals surface area contributed by atoms with E-state index in [-0.39, 0.29) is 6.04 Å². The molecular formula is C14H17NO. The Labute approximate surface area is 96.1 Å². The maximum atomic E-state index is 5.85. The van der Waals surface area contributed by atoms with E-state index < -0.39 is 0 Å². The van der Waals surface area contributed by atoms with Gasteiger partial charge in [0.1, 0.15) is 11.5 Å². The molecule has 1 atom stereocenters. The lowest BCUT2D eigenvalue weighted by molar-refractivity contribution is 0.547. The zero-order valence-corrected chi connectivity index (χ0v) is 9.73. The molecule has 2 aromatic rings. The number of aryl methyl sites for hydroxylation is 1. The van der Waals surface area contributed by atoms with Crippen LogP contribution >= 0.6 is 0 Å². The van der Waals surface area contributed by atoms with Crippen LogP contribution in [0.5, 0.6) is 0 Å². The summed E-state index contributed by atoms with van der Waals surface area (Å²) >= 11 is 0. The van der Waals surface area contributed by atoms with Gasteiger partial charge >= 0.3 is 0 Å². The number of hydrogen-bond acceptors (Lipinski definition) is 2. The first kappa shape index (κ1) is 11.0. The predicted octanol–water partition coefficient (Wildman–Crippen LogP) is 3.14. The average molecular weight is 215 g/mol. The maximum absolute atomic E-state index is 5.85. The van der Waals surface area contributed by atoms with E-state index in [9.17, 15) is 0 Å². The highest BCUT2D eigenvalue weighted by molar-refractivity contribution is 5.62. The fourth-order valence-corrected chi connectivity index (χ4v) is 1.86. The lowest BCUT2D eigenvalue weighted by Gasteiger charge is -2.09. The number of benzene rings is 1. The molecule has 0 aliphatic heterocycles. The van der Waals surface area contributed by atoms with Crippen LogP contribution < -0.4 is 5.73 Å². The Kier molecular flexibility index (Phi) is 3.11. The quantitative estimate of drug-likeness (QED) is 0.854. The molecule has 0 aliphatic rings. The molecule has 0 spiro atoms. The lowest BCUT2D eigenvalue weighted by atomic mass is 10.00. The van der Waals surface area contributed by atoms with E-state index in [1.54, 1.807) is 0 Å². The second-order valence-electron chi connectivity index (χ2n) is 4.25. The van der Waals surface area contributed by atoms with Gasteiger partial charge in [-0.1, -0.05) is 24.3 Å². The monoisotopic (exact) mass is 215 g/mol. The molecule has 84 valence electrons. The fourth-order valence-electron chi connectivity index (χ4n) is 1.86. The van der Waals surface area contributed by atoms with E-state index in [1.807, 2.05) is 38.1 Å². The van der Waals surface area contributed by atoms with Gasteiger partial charge in [0.25, 0.3) is 0 Å². The Balaban J connectivity index is 2.40. The van der Waals surface area contributed by atoms with Crippen molar-refractivity contribution >= 4 is 0 Å². The van der Waals surface area contributed by atoms with Crippen LogP contribution in [0.2, 0.25) is 0 Å². The number of rotatable bonds is 3. The van der Waals surface area contributed by atoms with Crippen LogP contribution in [-0.4, -0.2) is 6.04 Å². The van der Waals surface area contributed by atoms with Gasteiger partial charge in [-0.05, 0) is 38.0 Å². The zero-order chi connectivity index (χ0) is 11.5. The van der Waals surface area contributed by atoms with Crippen LogP contribution in [-0.2, 0) is 6.42 Å². The van der Waals surface area contributed by atoms with Crippen molar-refractivity contribution in [1.82, 2.24) is 0 Å². The van der Waals surface area contributed by atoms with Crippen molar-refractivity contribution in [3.63, 3.8) is 0 Å². The molecule has 1 heterocycles. The number of nitrogens with two attached hydrogens (primary N) is 1. The van der Waals surface area contributed by atoms with Gasteiger partial charge < -0.3 is 10.2 Å². The normalized spacial score (nSPS) is 12.7. The summed E-state index contributed by atoms with van der Waals surface area (Å²) in [5.74, 6) is 1.86. The summed E-state index contributed by atoms with van der Waals surface area (Å²) in [6.07, 6.45) is 0.871. The van der Waals surface area contributed by atoms with E-state index in [1.165, 1.54) is 5.56 Å². The minimum atomic E-state index is 0.164. The molecule has 2 rings (SSSR count). The minimum absolute atomic E-state index is 0.164. The topological polar surface area (TPSA) is 39.2 Å². The summed E-state index contributed by atoms with van der Waals surface area (Å²) in [6, 6.07) is 12.4. The van der Waals surface area contributed by atoms with E-state index in [0.717, 1.165) is 23.5 Å². The molecule has 0 bridgehead atoms. The Bertz CT molecular complexity index is 471. The molecule has 1 unspecified atom stereocenters. The zero-order valence-electron chi connectivity index (χ0n) is 9.73. The Morgan fingerprint density at radius 3 is 2.56 bits per heavy atom. The van der Waals surface area contributed by atoms with Crippen LogP contribution in [0.25, 0.3) is 11.3 Å². The summed E-state index contributed by atoms with van der Waals surface area (Å²) in [5.41, 5.74) is 8.23. The predicted molar refractivity (Wildman–Crippen MR) is 66.2 cm³/mol. The van der Waals surface area contributed by atoms with Crippen molar-refractivity contribution in [3.8, 4) is 11.3 Å². The molecule has 0 radical (unpaired) electrons. The fraction of sp³-hybridized carbons (Fsp3) is 0.286. The highest BCUT2D eigenvalue weighted by Gasteiger charge is 2.09. The standard InChI is InChI=1S/C14H17NO/c1-10(15)9-12-5-3-4-6-13(12)14-8-7-11(2)16-14/h3-8,10H,9,15H2,1-2H3.